The molecular weight excluding hydrogens is 311 g/mol. The fraction of sp³-hybridized carbons (Fsp3) is 0.176. The van der Waals surface area contributed by atoms with Gasteiger partial charge in [-0.25, -0.2) is 4.39 Å². The Hall–Kier alpha value is -3.09. The second-order valence-electron chi connectivity index (χ2n) is 5.44. The van der Waals surface area contributed by atoms with Gasteiger partial charge in [0.15, 0.2) is 17.4 Å². The number of tetrazole rings is 1. The van der Waals surface area contributed by atoms with Gasteiger partial charge in [-0.3, -0.25) is 4.79 Å². The van der Waals surface area contributed by atoms with Crippen molar-refractivity contribution in [2.75, 3.05) is 0 Å². The first-order valence-electron chi connectivity index (χ1n) is 7.30. The van der Waals surface area contributed by atoms with E-state index in [1.165, 1.54) is 29.1 Å². The number of hydrogen-bond donors (Lipinski definition) is 0. The van der Waals surface area contributed by atoms with E-state index >= 15 is 0 Å². The normalized spacial score (nSPS) is 10.7. The van der Waals surface area contributed by atoms with Crippen LogP contribution in [0.4, 0.5) is 4.39 Å². The molecule has 3 rings (SSSR count). The van der Waals surface area contributed by atoms with Gasteiger partial charge in [-0.1, -0.05) is 4.85 Å². The number of rotatable bonds is 4. The first kappa shape index (κ1) is 15.8. The standard InChI is InChI=1S/C17H15FN4O2/c1-10-8-14(17(23)13-4-6-15(18)7-5-13)9-16(11(10)2)24-22-12(3)19-20-21-22/h4-9H,1-3H3. The maximum Gasteiger partial charge on any atom is 0.193 e. The van der Waals surface area contributed by atoms with Crippen LogP contribution in [0.15, 0.2) is 36.4 Å². The minimum Gasteiger partial charge on any atom is -0.354 e. The number of aryl methyl sites for hydroxylation is 2. The summed E-state index contributed by atoms with van der Waals surface area (Å²) >= 11 is 0. The summed E-state index contributed by atoms with van der Waals surface area (Å²) in [5.74, 6) is 0.374. The molecule has 0 amide bonds. The Kier molecular flexibility index (Phi) is 4.07. The van der Waals surface area contributed by atoms with Crippen LogP contribution in [0.25, 0.3) is 0 Å². The lowest BCUT2D eigenvalue weighted by Crippen LogP contribution is -2.12. The molecular formula is C17H15FN4O2. The third-order valence-corrected chi connectivity index (χ3v) is 3.76. The average Bonchev–Trinajstić information content (AvgIpc) is 2.96. The van der Waals surface area contributed by atoms with Crippen molar-refractivity contribution < 1.29 is 14.0 Å². The predicted molar refractivity (Wildman–Crippen MR) is 84.3 cm³/mol. The highest BCUT2D eigenvalue weighted by Crippen LogP contribution is 2.25. The summed E-state index contributed by atoms with van der Waals surface area (Å²) in [5, 5.41) is 11.0. The van der Waals surface area contributed by atoms with Crippen LogP contribution in [0.5, 0.6) is 5.75 Å². The van der Waals surface area contributed by atoms with Gasteiger partial charge >= 0.3 is 0 Å². The molecule has 1 heterocycles. The van der Waals surface area contributed by atoms with Crippen molar-refractivity contribution in [3.63, 3.8) is 0 Å². The molecule has 24 heavy (non-hydrogen) atoms. The molecule has 0 aliphatic heterocycles. The van der Waals surface area contributed by atoms with Crippen molar-refractivity contribution in [1.29, 1.82) is 0 Å². The lowest BCUT2D eigenvalue weighted by Gasteiger charge is -2.12. The highest BCUT2D eigenvalue weighted by molar-refractivity contribution is 6.09. The van der Waals surface area contributed by atoms with Crippen molar-refractivity contribution in [3.05, 3.63) is 70.3 Å². The van der Waals surface area contributed by atoms with E-state index in [9.17, 15) is 9.18 Å². The number of ketones is 1. The van der Waals surface area contributed by atoms with Crippen LogP contribution in [0.2, 0.25) is 0 Å². The first-order chi connectivity index (χ1) is 11.5. The quantitative estimate of drug-likeness (QED) is 0.690. The molecule has 0 radical (unpaired) electrons. The Labute approximate surface area is 137 Å². The molecule has 0 unspecified atom stereocenters. The zero-order valence-electron chi connectivity index (χ0n) is 13.4. The third-order valence-electron chi connectivity index (χ3n) is 3.76. The van der Waals surface area contributed by atoms with Crippen LogP contribution in [0.3, 0.4) is 0 Å². The zero-order chi connectivity index (χ0) is 17.3. The fourth-order valence-electron chi connectivity index (χ4n) is 2.22. The molecule has 0 saturated heterocycles. The smallest absolute Gasteiger partial charge is 0.193 e. The number of aromatic nitrogens is 4. The van der Waals surface area contributed by atoms with Gasteiger partial charge in [0.05, 0.1) is 0 Å². The Bertz CT molecular complexity index is 903. The Morgan fingerprint density at radius 3 is 2.42 bits per heavy atom. The molecule has 0 bridgehead atoms. The molecule has 0 saturated carbocycles. The summed E-state index contributed by atoms with van der Waals surface area (Å²) in [6.45, 7) is 5.47. The van der Waals surface area contributed by atoms with Crippen LogP contribution >= 0.6 is 0 Å². The van der Waals surface area contributed by atoms with Crippen molar-refractivity contribution >= 4 is 5.78 Å². The monoisotopic (exact) mass is 326 g/mol. The van der Waals surface area contributed by atoms with E-state index in [1.807, 2.05) is 13.8 Å². The summed E-state index contributed by atoms with van der Waals surface area (Å²) in [5.41, 5.74) is 2.62. The second-order valence-corrected chi connectivity index (χ2v) is 5.44. The highest BCUT2D eigenvalue weighted by Gasteiger charge is 2.15. The Balaban J connectivity index is 1.99. The summed E-state index contributed by atoms with van der Waals surface area (Å²) < 4.78 is 13.0. The van der Waals surface area contributed by atoms with E-state index in [0.717, 1.165) is 11.1 Å². The molecule has 0 N–H and O–H groups in total. The van der Waals surface area contributed by atoms with E-state index in [1.54, 1.807) is 19.1 Å². The molecule has 6 nitrogen and oxygen atoms in total. The zero-order valence-corrected chi connectivity index (χ0v) is 13.4. The number of halogens is 1. The lowest BCUT2D eigenvalue weighted by atomic mass is 9.98. The van der Waals surface area contributed by atoms with Crippen molar-refractivity contribution in [1.82, 2.24) is 20.4 Å². The van der Waals surface area contributed by atoms with Gasteiger partial charge in [-0.2, -0.15) is 0 Å². The Morgan fingerprint density at radius 2 is 1.79 bits per heavy atom. The fourth-order valence-corrected chi connectivity index (χ4v) is 2.22. The van der Waals surface area contributed by atoms with Crippen LogP contribution in [0.1, 0.15) is 32.9 Å². The maximum atomic E-state index is 13.0. The number of carbonyl (C=O) groups excluding carboxylic acids is 1. The van der Waals surface area contributed by atoms with Crippen LogP contribution in [-0.4, -0.2) is 26.2 Å². The van der Waals surface area contributed by atoms with Gasteiger partial charge in [0.2, 0.25) is 0 Å². The van der Waals surface area contributed by atoms with Gasteiger partial charge < -0.3 is 4.84 Å². The Morgan fingerprint density at radius 1 is 1.08 bits per heavy atom. The maximum absolute atomic E-state index is 13.0. The largest absolute Gasteiger partial charge is 0.354 e. The molecule has 1 aromatic heterocycles. The number of carbonyl (C=O) groups is 1. The molecule has 122 valence electrons. The SMILES string of the molecule is Cc1cc(C(=O)c2ccc(F)cc2)cc(On2nnnc2C)c1C. The molecule has 0 fully saturated rings. The van der Waals surface area contributed by atoms with E-state index < -0.39 is 0 Å². The van der Waals surface area contributed by atoms with Gasteiger partial charge in [0.1, 0.15) is 5.82 Å². The summed E-state index contributed by atoms with van der Waals surface area (Å²) in [4.78, 5) is 19.5. The van der Waals surface area contributed by atoms with Gasteiger partial charge in [-0.05, 0) is 71.8 Å². The molecule has 0 aliphatic carbocycles. The lowest BCUT2D eigenvalue weighted by molar-refractivity contribution is 0.103. The minimum atomic E-state index is -0.384. The van der Waals surface area contributed by atoms with Crippen LogP contribution in [0, 0.1) is 26.6 Å². The van der Waals surface area contributed by atoms with Crippen molar-refractivity contribution in [2.45, 2.75) is 20.8 Å². The highest BCUT2D eigenvalue weighted by atomic mass is 19.1. The van der Waals surface area contributed by atoms with Crippen molar-refractivity contribution in [3.8, 4) is 5.75 Å². The van der Waals surface area contributed by atoms with Crippen LogP contribution in [-0.2, 0) is 0 Å². The summed E-state index contributed by atoms with van der Waals surface area (Å²) in [6.07, 6.45) is 0. The summed E-state index contributed by atoms with van der Waals surface area (Å²) in [7, 11) is 0. The molecule has 0 atom stereocenters. The average molecular weight is 326 g/mol. The van der Waals surface area contributed by atoms with Gasteiger partial charge in [-0.15, -0.1) is 5.10 Å². The number of hydrogen-bond acceptors (Lipinski definition) is 5. The molecule has 0 spiro atoms. The summed E-state index contributed by atoms with van der Waals surface area (Å²) in [6, 6.07) is 8.85. The van der Waals surface area contributed by atoms with E-state index in [0.29, 0.717) is 22.7 Å². The van der Waals surface area contributed by atoms with Gasteiger partial charge in [0.25, 0.3) is 0 Å². The first-order valence-corrected chi connectivity index (χ1v) is 7.30. The molecule has 0 aliphatic rings. The predicted octanol–water partition coefficient (Wildman–Crippen LogP) is 2.81. The number of nitrogens with zero attached hydrogens (tertiary/aromatic N) is 4. The third kappa shape index (κ3) is 3.01. The number of benzene rings is 2. The van der Waals surface area contributed by atoms with E-state index in [-0.39, 0.29) is 11.6 Å². The second kappa shape index (κ2) is 6.19. The van der Waals surface area contributed by atoms with Crippen LogP contribution < -0.4 is 4.84 Å². The van der Waals surface area contributed by atoms with Crippen molar-refractivity contribution in [2.24, 2.45) is 0 Å². The molecule has 2 aromatic carbocycles. The van der Waals surface area contributed by atoms with E-state index in [2.05, 4.69) is 15.5 Å². The van der Waals surface area contributed by atoms with Gasteiger partial charge in [0, 0.05) is 18.1 Å². The topological polar surface area (TPSA) is 69.9 Å². The molecule has 7 heteroatoms. The van der Waals surface area contributed by atoms with E-state index in [4.69, 9.17) is 4.84 Å². The molecule has 3 aromatic rings. The minimum absolute atomic E-state index is 0.212.